The van der Waals surface area contributed by atoms with Crippen LogP contribution in [0.5, 0.6) is 0 Å². The zero-order valence-electron chi connectivity index (χ0n) is 15.7. The number of amides is 2. The second-order valence-electron chi connectivity index (χ2n) is 6.86. The number of aryl methyl sites for hydroxylation is 2. The maximum Gasteiger partial charge on any atom is 0.311 e. The van der Waals surface area contributed by atoms with Gasteiger partial charge in [0.25, 0.3) is 5.91 Å². The molecule has 1 N–H and O–H groups in total. The first-order chi connectivity index (χ1) is 13.3. The number of ether oxygens (including phenoxy) is 1. The average molecular weight is 445 g/mol. The Balaban J connectivity index is 1.53. The van der Waals surface area contributed by atoms with Gasteiger partial charge in [0, 0.05) is 28.8 Å². The smallest absolute Gasteiger partial charge is 0.311 e. The number of benzene rings is 2. The Kier molecular flexibility index (Phi) is 6.14. The van der Waals surface area contributed by atoms with E-state index in [-0.39, 0.29) is 25.5 Å². The summed E-state index contributed by atoms with van der Waals surface area (Å²) in [6.45, 7) is 3.73. The van der Waals surface area contributed by atoms with Crippen molar-refractivity contribution in [3.8, 4) is 0 Å². The molecule has 1 aliphatic rings. The second-order valence-corrected chi connectivity index (χ2v) is 7.72. The van der Waals surface area contributed by atoms with Gasteiger partial charge >= 0.3 is 5.97 Å². The Bertz CT molecular complexity index is 928. The van der Waals surface area contributed by atoms with Gasteiger partial charge in [-0.25, -0.2) is 0 Å². The normalized spacial score (nSPS) is 16.2. The summed E-state index contributed by atoms with van der Waals surface area (Å²) in [5.41, 5.74) is 3.42. The second kappa shape index (κ2) is 8.56. The van der Waals surface area contributed by atoms with Crippen molar-refractivity contribution in [2.45, 2.75) is 20.3 Å². The van der Waals surface area contributed by atoms with Gasteiger partial charge in [-0.15, -0.1) is 0 Å². The number of hydrogen-bond acceptors (Lipinski definition) is 4. The summed E-state index contributed by atoms with van der Waals surface area (Å²) in [6, 6.07) is 13.0. The molecule has 0 radical (unpaired) electrons. The fraction of sp³-hybridized carbons (Fsp3) is 0.286. The summed E-state index contributed by atoms with van der Waals surface area (Å²) >= 11 is 3.40. The highest BCUT2D eigenvalue weighted by molar-refractivity contribution is 9.10. The zero-order chi connectivity index (χ0) is 20.3. The van der Waals surface area contributed by atoms with Gasteiger partial charge in [0.15, 0.2) is 6.61 Å². The number of nitrogens with zero attached hydrogens (tertiary/aromatic N) is 1. The van der Waals surface area contributed by atoms with E-state index in [1.807, 2.05) is 50.2 Å². The van der Waals surface area contributed by atoms with E-state index in [1.165, 1.54) is 0 Å². The summed E-state index contributed by atoms with van der Waals surface area (Å²) in [7, 11) is 0. The first-order valence-corrected chi connectivity index (χ1v) is 9.72. The van der Waals surface area contributed by atoms with E-state index < -0.39 is 17.8 Å². The molecule has 0 bridgehead atoms. The fourth-order valence-electron chi connectivity index (χ4n) is 3.08. The molecule has 1 atom stereocenters. The number of halogens is 1. The van der Waals surface area contributed by atoms with Crippen LogP contribution in [0.2, 0.25) is 0 Å². The maximum absolute atomic E-state index is 12.3. The highest BCUT2D eigenvalue weighted by atomic mass is 79.9. The van der Waals surface area contributed by atoms with Crippen LogP contribution < -0.4 is 10.2 Å². The first kappa shape index (κ1) is 20.1. The number of carbonyl (C=O) groups excluding carboxylic acids is 3. The van der Waals surface area contributed by atoms with Crippen molar-refractivity contribution in [1.82, 2.24) is 0 Å². The molecule has 0 saturated carbocycles. The fourth-order valence-corrected chi connectivity index (χ4v) is 3.33. The van der Waals surface area contributed by atoms with Gasteiger partial charge in [-0.2, -0.15) is 0 Å². The Hall–Kier alpha value is -2.67. The summed E-state index contributed by atoms with van der Waals surface area (Å²) < 4.78 is 6.08. The molecule has 7 heteroatoms. The summed E-state index contributed by atoms with van der Waals surface area (Å²) in [6.07, 6.45) is 0.0836. The minimum Gasteiger partial charge on any atom is -0.455 e. The maximum atomic E-state index is 12.3. The zero-order valence-corrected chi connectivity index (χ0v) is 17.3. The topological polar surface area (TPSA) is 75.7 Å². The van der Waals surface area contributed by atoms with Gasteiger partial charge in [0.2, 0.25) is 5.91 Å². The van der Waals surface area contributed by atoms with Crippen LogP contribution in [-0.4, -0.2) is 30.9 Å². The molecule has 6 nitrogen and oxygen atoms in total. The van der Waals surface area contributed by atoms with Crippen molar-refractivity contribution < 1.29 is 19.1 Å². The molecule has 2 amide bonds. The van der Waals surface area contributed by atoms with Gasteiger partial charge in [0.05, 0.1) is 5.92 Å². The monoisotopic (exact) mass is 444 g/mol. The number of esters is 1. The third-order valence-corrected chi connectivity index (χ3v) is 5.45. The Morgan fingerprint density at radius 3 is 2.71 bits per heavy atom. The molecule has 3 rings (SSSR count). The van der Waals surface area contributed by atoms with Crippen LogP contribution in [-0.2, 0) is 19.1 Å². The van der Waals surface area contributed by atoms with Crippen molar-refractivity contribution in [2.75, 3.05) is 23.4 Å². The SMILES string of the molecule is Cc1cccc(N2C[C@H](C(=O)OCC(=O)Nc3ccc(Br)c(C)c3)CC2=O)c1. The van der Waals surface area contributed by atoms with Crippen molar-refractivity contribution in [2.24, 2.45) is 5.92 Å². The lowest BCUT2D eigenvalue weighted by atomic mass is 10.1. The van der Waals surface area contributed by atoms with E-state index in [0.717, 1.165) is 21.3 Å². The van der Waals surface area contributed by atoms with Crippen LogP contribution in [0.1, 0.15) is 17.5 Å². The Labute approximate surface area is 172 Å². The lowest BCUT2D eigenvalue weighted by Gasteiger charge is -2.17. The minimum absolute atomic E-state index is 0.0836. The highest BCUT2D eigenvalue weighted by Crippen LogP contribution is 2.26. The lowest BCUT2D eigenvalue weighted by Crippen LogP contribution is -2.28. The average Bonchev–Trinajstić information content (AvgIpc) is 3.05. The van der Waals surface area contributed by atoms with Gasteiger partial charge in [-0.1, -0.05) is 28.1 Å². The summed E-state index contributed by atoms with van der Waals surface area (Å²) in [4.78, 5) is 38.2. The van der Waals surface area contributed by atoms with Crippen LogP contribution in [0.4, 0.5) is 11.4 Å². The van der Waals surface area contributed by atoms with E-state index in [1.54, 1.807) is 11.0 Å². The molecular weight excluding hydrogens is 424 g/mol. The van der Waals surface area contributed by atoms with Crippen LogP contribution in [0.3, 0.4) is 0 Å². The number of carbonyl (C=O) groups is 3. The van der Waals surface area contributed by atoms with Crippen LogP contribution in [0.15, 0.2) is 46.9 Å². The van der Waals surface area contributed by atoms with E-state index >= 15 is 0 Å². The van der Waals surface area contributed by atoms with Crippen LogP contribution in [0, 0.1) is 19.8 Å². The minimum atomic E-state index is -0.573. The van der Waals surface area contributed by atoms with Gasteiger partial charge in [0.1, 0.15) is 0 Å². The largest absolute Gasteiger partial charge is 0.455 e. The molecule has 0 aromatic heterocycles. The molecule has 0 aliphatic carbocycles. The molecule has 28 heavy (non-hydrogen) atoms. The lowest BCUT2D eigenvalue weighted by molar-refractivity contribution is -0.151. The number of nitrogens with one attached hydrogen (secondary N) is 1. The number of anilines is 2. The standard InChI is InChI=1S/C21H21BrN2O4/c1-13-4-3-5-17(8-13)24-11-15(10-20(24)26)21(27)28-12-19(25)23-16-6-7-18(22)14(2)9-16/h3-9,15H,10-12H2,1-2H3,(H,23,25)/t15-/m1/s1. The molecule has 1 heterocycles. The number of hydrogen-bond donors (Lipinski definition) is 1. The molecule has 0 spiro atoms. The third kappa shape index (κ3) is 4.78. The predicted molar refractivity (Wildman–Crippen MR) is 110 cm³/mol. The molecular formula is C21H21BrN2O4. The highest BCUT2D eigenvalue weighted by Gasteiger charge is 2.36. The summed E-state index contributed by atoms with van der Waals surface area (Å²) in [5, 5.41) is 2.69. The van der Waals surface area contributed by atoms with E-state index in [2.05, 4.69) is 21.2 Å². The van der Waals surface area contributed by atoms with E-state index in [4.69, 9.17) is 4.74 Å². The molecule has 146 valence electrons. The molecule has 1 aliphatic heterocycles. The van der Waals surface area contributed by atoms with Crippen LogP contribution in [0.25, 0.3) is 0 Å². The molecule has 1 saturated heterocycles. The molecule has 1 fully saturated rings. The number of rotatable bonds is 5. The summed E-state index contributed by atoms with van der Waals surface area (Å²) in [5.74, 6) is -1.65. The van der Waals surface area contributed by atoms with E-state index in [0.29, 0.717) is 5.69 Å². The molecule has 2 aromatic carbocycles. The Morgan fingerprint density at radius 2 is 2.00 bits per heavy atom. The van der Waals surface area contributed by atoms with Crippen molar-refractivity contribution in [3.63, 3.8) is 0 Å². The van der Waals surface area contributed by atoms with E-state index in [9.17, 15) is 14.4 Å². The molecule has 2 aromatic rings. The van der Waals surface area contributed by atoms with Crippen LogP contribution >= 0.6 is 15.9 Å². The Morgan fingerprint density at radius 1 is 1.21 bits per heavy atom. The van der Waals surface area contributed by atoms with Crippen molar-refractivity contribution in [1.29, 1.82) is 0 Å². The van der Waals surface area contributed by atoms with Crippen molar-refractivity contribution in [3.05, 3.63) is 58.1 Å². The van der Waals surface area contributed by atoms with Gasteiger partial charge in [-0.05, 0) is 55.3 Å². The molecule has 0 unspecified atom stereocenters. The first-order valence-electron chi connectivity index (χ1n) is 8.93. The quantitative estimate of drug-likeness (QED) is 0.714. The van der Waals surface area contributed by atoms with Gasteiger partial charge in [-0.3, -0.25) is 14.4 Å². The van der Waals surface area contributed by atoms with Gasteiger partial charge < -0.3 is 15.0 Å². The van der Waals surface area contributed by atoms with Crippen molar-refractivity contribution >= 4 is 45.1 Å². The predicted octanol–water partition coefficient (Wildman–Crippen LogP) is 3.60. The third-order valence-electron chi connectivity index (χ3n) is 4.56.